The highest BCUT2D eigenvalue weighted by atomic mass is 32.1. The van der Waals surface area contributed by atoms with Crippen LogP contribution in [0.1, 0.15) is 43.0 Å². The highest BCUT2D eigenvalue weighted by Gasteiger charge is 2.38. The topological polar surface area (TPSA) is 84.2 Å². The summed E-state index contributed by atoms with van der Waals surface area (Å²) in [6, 6.07) is 1.65. The van der Waals surface area contributed by atoms with E-state index in [-0.39, 0.29) is 11.3 Å². The van der Waals surface area contributed by atoms with E-state index in [4.69, 9.17) is 5.73 Å². The molecule has 0 aromatic carbocycles. The normalized spacial score (nSPS) is 17.6. The van der Waals surface area contributed by atoms with E-state index in [2.05, 4.69) is 17.6 Å². The first-order chi connectivity index (χ1) is 9.59. The molecule has 1 saturated heterocycles. The summed E-state index contributed by atoms with van der Waals surface area (Å²) in [4.78, 5) is 24.0. The summed E-state index contributed by atoms with van der Waals surface area (Å²) in [6.07, 6.45) is 3.52. The first-order valence-electron chi connectivity index (χ1n) is 6.98. The zero-order valence-corrected chi connectivity index (χ0v) is 12.5. The minimum atomic E-state index is -0.503. The van der Waals surface area contributed by atoms with E-state index in [1.807, 2.05) is 0 Å². The molecule has 4 N–H and O–H groups in total. The summed E-state index contributed by atoms with van der Waals surface area (Å²) in [6.45, 7) is 3.82. The molecule has 0 unspecified atom stereocenters. The number of rotatable bonds is 5. The molecule has 1 aromatic rings. The van der Waals surface area contributed by atoms with Crippen molar-refractivity contribution in [3.8, 4) is 0 Å². The summed E-state index contributed by atoms with van der Waals surface area (Å²) < 4.78 is 0. The lowest BCUT2D eigenvalue weighted by atomic mass is 9.74. The smallest absolute Gasteiger partial charge is 0.251 e. The van der Waals surface area contributed by atoms with Crippen LogP contribution in [0.5, 0.6) is 0 Å². The number of primary amides is 1. The molecule has 0 aliphatic carbocycles. The number of nitrogens with one attached hydrogen (secondary N) is 2. The summed E-state index contributed by atoms with van der Waals surface area (Å²) in [5.74, 6) is -0.484. The van der Waals surface area contributed by atoms with E-state index in [1.165, 1.54) is 11.3 Å². The van der Waals surface area contributed by atoms with Crippen LogP contribution in [-0.2, 0) is 4.79 Å². The van der Waals surface area contributed by atoms with Gasteiger partial charge in [-0.3, -0.25) is 9.59 Å². The molecule has 0 spiro atoms. The standard InChI is InChI=1S/C14H21N3O2S/c1-2-4-14(5-7-16-8-6-14)13(19)17-12-10(11(15)18)3-9-20-12/h3,9,16H,2,4-8H2,1H3,(H2,15,18)(H,17,19). The molecule has 0 bridgehead atoms. The molecule has 110 valence electrons. The number of hydrogen-bond donors (Lipinski definition) is 3. The van der Waals surface area contributed by atoms with Gasteiger partial charge >= 0.3 is 0 Å². The minimum absolute atomic E-state index is 0.0193. The van der Waals surface area contributed by atoms with Gasteiger partial charge in [-0.1, -0.05) is 13.3 Å². The second-order valence-corrected chi connectivity index (χ2v) is 6.18. The van der Waals surface area contributed by atoms with Crippen molar-refractivity contribution in [1.82, 2.24) is 5.32 Å². The van der Waals surface area contributed by atoms with E-state index in [1.54, 1.807) is 11.4 Å². The highest BCUT2D eigenvalue weighted by molar-refractivity contribution is 7.14. The number of carbonyl (C=O) groups is 2. The van der Waals surface area contributed by atoms with Crippen molar-refractivity contribution in [2.45, 2.75) is 32.6 Å². The Kier molecular flexibility index (Phi) is 4.77. The third kappa shape index (κ3) is 3.02. The fraction of sp³-hybridized carbons (Fsp3) is 0.571. The molecule has 2 amide bonds. The van der Waals surface area contributed by atoms with Crippen LogP contribution in [0.4, 0.5) is 5.00 Å². The molecule has 2 heterocycles. The van der Waals surface area contributed by atoms with Crippen molar-refractivity contribution in [3.63, 3.8) is 0 Å². The van der Waals surface area contributed by atoms with Gasteiger partial charge in [0.05, 0.1) is 11.0 Å². The van der Waals surface area contributed by atoms with Crippen LogP contribution < -0.4 is 16.4 Å². The Balaban J connectivity index is 2.16. The maximum Gasteiger partial charge on any atom is 0.251 e. The monoisotopic (exact) mass is 295 g/mol. The van der Waals surface area contributed by atoms with E-state index < -0.39 is 5.91 Å². The van der Waals surface area contributed by atoms with Gasteiger partial charge < -0.3 is 16.4 Å². The van der Waals surface area contributed by atoms with Gasteiger partial charge in [-0.25, -0.2) is 0 Å². The fourth-order valence-electron chi connectivity index (χ4n) is 2.81. The molecular weight excluding hydrogens is 274 g/mol. The molecule has 0 atom stereocenters. The zero-order chi connectivity index (χ0) is 14.6. The minimum Gasteiger partial charge on any atom is -0.366 e. The third-order valence-corrected chi connectivity index (χ3v) is 4.76. The number of hydrogen-bond acceptors (Lipinski definition) is 4. The van der Waals surface area contributed by atoms with Gasteiger partial charge in [0.15, 0.2) is 0 Å². The lowest BCUT2D eigenvalue weighted by molar-refractivity contribution is -0.127. The van der Waals surface area contributed by atoms with Crippen molar-refractivity contribution in [1.29, 1.82) is 0 Å². The highest BCUT2D eigenvalue weighted by Crippen LogP contribution is 2.36. The van der Waals surface area contributed by atoms with Gasteiger partial charge in [0, 0.05) is 0 Å². The summed E-state index contributed by atoms with van der Waals surface area (Å²) in [5, 5.41) is 8.54. The van der Waals surface area contributed by atoms with E-state index in [0.29, 0.717) is 10.6 Å². The third-order valence-electron chi connectivity index (χ3n) is 3.93. The van der Waals surface area contributed by atoms with Crippen LogP contribution in [0.2, 0.25) is 0 Å². The maximum atomic E-state index is 12.7. The van der Waals surface area contributed by atoms with Gasteiger partial charge in [0.25, 0.3) is 5.91 Å². The molecule has 1 aliphatic rings. The Morgan fingerprint density at radius 1 is 1.45 bits per heavy atom. The molecule has 0 saturated carbocycles. The molecule has 20 heavy (non-hydrogen) atoms. The van der Waals surface area contributed by atoms with Gasteiger partial charge in [-0.15, -0.1) is 11.3 Å². The lowest BCUT2D eigenvalue weighted by Gasteiger charge is -2.36. The average molecular weight is 295 g/mol. The van der Waals surface area contributed by atoms with Crippen LogP contribution in [-0.4, -0.2) is 24.9 Å². The molecular formula is C14H21N3O2S. The number of amides is 2. The van der Waals surface area contributed by atoms with E-state index in [0.717, 1.165) is 38.8 Å². The van der Waals surface area contributed by atoms with Crippen LogP contribution in [0.25, 0.3) is 0 Å². The second-order valence-electron chi connectivity index (χ2n) is 5.26. The zero-order valence-electron chi connectivity index (χ0n) is 11.7. The number of anilines is 1. The second kappa shape index (κ2) is 6.37. The fourth-order valence-corrected chi connectivity index (χ4v) is 3.60. The molecule has 1 aromatic heterocycles. The first-order valence-corrected chi connectivity index (χ1v) is 7.86. The molecule has 2 rings (SSSR count). The van der Waals surface area contributed by atoms with Crippen LogP contribution in [0, 0.1) is 5.41 Å². The summed E-state index contributed by atoms with van der Waals surface area (Å²) in [7, 11) is 0. The summed E-state index contributed by atoms with van der Waals surface area (Å²) >= 11 is 1.34. The Hall–Kier alpha value is -1.40. The van der Waals surface area contributed by atoms with Gasteiger partial charge in [0.1, 0.15) is 5.00 Å². The molecule has 0 radical (unpaired) electrons. The van der Waals surface area contributed by atoms with Crippen molar-refractivity contribution in [3.05, 3.63) is 17.0 Å². The molecule has 5 nitrogen and oxygen atoms in total. The number of thiophene rings is 1. The van der Waals surface area contributed by atoms with Crippen molar-refractivity contribution in [2.24, 2.45) is 11.1 Å². The van der Waals surface area contributed by atoms with Crippen molar-refractivity contribution >= 4 is 28.2 Å². The number of carbonyl (C=O) groups excluding carboxylic acids is 2. The van der Waals surface area contributed by atoms with Gasteiger partial charge in [-0.05, 0) is 43.8 Å². The first kappa shape index (κ1) is 15.0. The summed E-state index contributed by atoms with van der Waals surface area (Å²) in [5.41, 5.74) is 5.38. The quantitative estimate of drug-likeness (QED) is 0.776. The van der Waals surface area contributed by atoms with E-state index in [9.17, 15) is 9.59 Å². The van der Waals surface area contributed by atoms with E-state index >= 15 is 0 Å². The lowest BCUT2D eigenvalue weighted by Crippen LogP contribution is -2.44. The predicted octanol–water partition coefficient (Wildman–Crippen LogP) is 1.96. The van der Waals surface area contributed by atoms with Crippen LogP contribution in [0.3, 0.4) is 0 Å². The molecule has 6 heteroatoms. The van der Waals surface area contributed by atoms with Gasteiger partial charge in [0.2, 0.25) is 5.91 Å². The Morgan fingerprint density at radius 3 is 2.75 bits per heavy atom. The van der Waals surface area contributed by atoms with Crippen molar-refractivity contribution in [2.75, 3.05) is 18.4 Å². The Bertz CT molecular complexity index is 487. The van der Waals surface area contributed by atoms with Crippen LogP contribution >= 0.6 is 11.3 Å². The van der Waals surface area contributed by atoms with Gasteiger partial charge in [-0.2, -0.15) is 0 Å². The van der Waals surface area contributed by atoms with Crippen molar-refractivity contribution < 1.29 is 9.59 Å². The largest absolute Gasteiger partial charge is 0.366 e. The molecule has 1 aliphatic heterocycles. The Labute approximate surface area is 122 Å². The maximum absolute atomic E-state index is 12.7. The predicted molar refractivity (Wildman–Crippen MR) is 80.9 cm³/mol. The number of piperidine rings is 1. The number of nitrogens with two attached hydrogens (primary N) is 1. The molecule has 1 fully saturated rings. The average Bonchev–Trinajstić information content (AvgIpc) is 2.88. The SMILES string of the molecule is CCCC1(C(=O)Nc2sccc2C(N)=O)CCNCC1. The Morgan fingerprint density at radius 2 is 2.15 bits per heavy atom. The van der Waals surface area contributed by atoms with Crippen LogP contribution in [0.15, 0.2) is 11.4 Å².